The van der Waals surface area contributed by atoms with E-state index in [1.807, 2.05) is 25.3 Å². The number of nitrogens with zero attached hydrogens (tertiary/aromatic N) is 2. The molecule has 0 spiro atoms. The highest BCUT2D eigenvalue weighted by atomic mass is 32.1. The lowest BCUT2D eigenvalue weighted by molar-refractivity contribution is 0.548. The summed E-state index contributed by atoms with van der Waals surface area (Å²) in [6.45, 7) is 4.31. The Balaban J connectivity index is 1.97. The average Bonchev–Trinajstić information content (AvgIpc) is 3.25. The standard InChI is InChI=1S/C19H21FN2S/c1-4-9-22(19-21-12-14(3)23-19)18(10-15-6-7-15)16-8-5-13(2)17(20)11-16/h1,5,8,11-12,15,18H,6-7,9-10H2,2-3H3/t18-/m0/s1. The molecule has 0 amide bonds. The largest absolute Gasteiger partial charge is 0.330 e. The first-order valence-corrected chi connectivity index (χ1v) is 8.78. The lowest BCUT2D eigenvalue weighted by Crippen LogP contribution is -2.29. The second-order valence-corrected chi connectivity index (χ2v) is 7.50. The normalized spacial score (nSPS) is 15.2. The molecule has 1 aromatic heterocycles. The zero-order chi connectivity index (χ0) is 16.4. The van der Waals surface area contributed by atoms with E-state index in [1.165, 1.54) is 12.8 Å². The van der Waals surface area contributed by atoms with Crippen LogP contribution in [-0.4, -0.2) is 11.5 Å². The van der Waals surface area contributed by atoms with Crippen LogP contribution in [0.15, 0.2) is 24.4 Å². The third-order valence-corrected chi connectivity index (χ3v) is 5.28. The maximum Gasteiger partial charge on any atom is 0.186 e. The van der Waals surface area contributed by atoms with Crippen LogP contribution in [0.4, 0.5) is 9.52 Å². The molecule has 1 saturated carbocycles. The van der Waals surface area contributed by atoms with Crippen molar-refractivity contribution in [1.29, 1.82) is 0 Å². The van der Waals surface area contributed by atoms with Crippen molar-refractivity contribution in [2.45, 2.75) is 39.2 Å². The highest BCUT2D eigenvalue weighted by molar-refractivity contribution is 7.15. The van der Waals surface area contributed by atoms with Gasteiger partial charge in [-0.05, 0) is 43.4 Å². The van der Waals surface area contributed by atoms with Crippen molar-refractivity contribution in [3.05, 3.63) is 46.2 Å². The molecule has 1 fully saturated rings. The molecule has 0 aliphatic heterocycles. The van der Waals surface area contributed by atoms with E-state index in [9.17, 15) is 4.39 Å². The summed E-state index contributed by atoms with van der Waals surface area (Å²) < 4.78 is 14.1. The Morgan fingerprint density at radius 2 is 2.22 bits per heavy atom. The Morgan fingerprint density at radius 3 is 2.78 bits per heavy atom. The van der Waals surface area contributed by atoms with E-state index in [0.29, 0.717) is 18.0 Å². The van der Waals surface area contributed by atoms with Crippen molar-refractivity contribution >= 4 is 16.5 Å². The van der Waals surface area contributed by atoms with Crippen LogP contribution in [0, 0.1) is 37.9 Å². The number of hydrogen-bond donors (Lipinski definition) is 0. The summed E-state index contributed by atoms with van der Waals surface area (Å²) in [5.41, 5.74) is 1.66. The number of thiazole rings is 1. The number of rotatable bonds is 6. The maximum atomic E-state index is 14.1. The molecule has 0 bridgehead atoms. The Kier molecular flexibility index (Phi) is 4.68. The molecule has 3 rings (SSSR count). The molecule has 0 saturated heterocycles. The van der Waals surface area contributed by atoms with Gasteiger partial charge in [-0.25, -0.2) is 9.37 Å². The molecular formula is C19H21FN2S. The highest BCUT2D eigenvalue weighted by Crippen LogP contribution is 2.42. The summed E-state index contributed by atoms with van der Waals surface area (Å²) in [5.74, 6) is 3.30. The minimum absolute atomic E-state index is 0.0826. The molecule has 120 valence electrons. The molecule has 1 aliphatic carbocycles. The smallest absolute Gasteiger partial charge is 0.186 e. The third-order valence-electron chi connectivity index (χ3n) is 4.33. The molecule has 1 atom stereocenters. The average molecular weight is 328 g/mol. The van der Waals surface area contributed by atoms with Gasteiger partial charge in [-0.1, -0.05) is 30.9 Å². The molecular weight excluding hydrogens is 307 g/mol. The van der Waals surface area contributed by atoms with Crippen LogP contribution in [0.1, 0.15) is 41.3 Å². The van der Waals surface area contributed by atoms with Crippen molar-refractivity contribution in [3.63, 3.8) is 0 Å². The zero-order valence-corrected chi connectivity index (χ0v) is 14.4. The molecule has 4 heteroatoms. The van der Waals surface area contributed by atoms with E-state index in [2.05, 4.69) is 15.8 Å². The minimum Gasteiger partial charge on any atom is -0.330 e. The van der Waals surface area contributed by atoms with Gasteiger partial charge in [-0.3, -0.25) is 0 Å². The van der Waals surface area contributed by atoms with Gasteiger partial charge in [0.2, 0.25) is 0 Å². The minimum atomic E-state index is -0.153. The molecule has 2 nitrogen and oxygen atoms in total. The molecule has 2 aromatic rings. The van der Waals surface area contributed by atoms with Gasteiger partial charge in [0, 0.05) is 11.1 Å². The SMILES string of the molecule is C#CCN(c1ncc(C)s1)[C@@H](CC1CC1)c1ccc(C)c(F)c1. The number of benzene rings is 1. The number of aryl methyl sites for hydroxylation is 2. The number of halogens is 1. The first kappa shape index (κ1) is 16.0. The van der Waals surface area contributed by atoms with Gasteiger partial charge >= 0.3 is 0 Å². The van der Waals surface area contributed by atoms with E-state index in [-0.39, 0.29) is 11.9 Å². The van der Waals surface area contributed by atoms with Gasteiger partial charge in [-0.2, -0.15) is 0 Å². The van der Waals surface area contributed by atoms with Crippen LogP contribution in [0.25, 0.3) is 0 Å². The Bertz CT molecular complexity index is 727. The van der Waals surface area contributed by atoms with Crippen LogP contribution >= 0.6 is 11.3 Å². The Morgan fingerprint density at radius 1 is 1.43 bits per heavy atom. The molecule has 23 heavy (non-hydrogen) atoms. The van der Waals surface area contributed by atoms with Gasteiger partial charge in [0.05, 0.1) is 12.6 Å². The van der Waals surface area contributed by atoms with Crippen LogP contribution in [0.5, 0.6) is 0 Å². The first-order valence-electron chi connectivity index (χ1n) is 7.97. The van der Waals surface area contributed by atoms with Crippen LogP contribution in [0.2, 0.25) is 0 Å². The van der Waals surface area contributed by atoms with E-state index < -0.39 is 0 Å². The van der Waals surface area contributed by atoms with E-state index >= 15 is 0 Å². The zero-order valence-electron chi connectivity index (χ0n) is 13.6. The number of anilines is 1. The monoisotopic (exact) mass is 328 g/mol. The van der Waals surface area contributed by atoms with E-state index in [0.717, 1.165) is 22.0 Å². The predicted octanol–water partition coefficient (Wildman–Crippen LogP) is 4.88. The van der Waals surface area contributed by atoms with Crippen molar-refractivity contribution in [2.24, 2.45) is 5.92 Å². The fourth-order valence-corrected chi connectivity index (χ4v) is 3.62. The predicted molar refractivity (Wildman–Crippen MR) is 94.2 cm³/mol. The lowest BCUT2D eigenvalue weighted by Gasteiger charge is -2.31. The van der Waals surface area contributed by atoms with Crippen LogP contribution in [-0.2, 0) is 0 Å². The lowest BCUT2D eigenvalue weighted by atomic mass is 9.98. The van der Waals surface area contributed by atoms with Crippen molar-refractivity contribution < 1.29 is 4.39 Å². The van der Waals surface area contributed by atoms with Crippen LogP contribution < -0.4 is 4.90 Å². The number of terminal acetylenes is 1. The highest BCUT2D eigenvalue weighted by Gasteiger charge is 2.31. The maximum absolute atomic E-state index is 14.1. The Hall–Kier alpha value is -1.86. The third kappa shape index (κ3) is 3.73. The molecule has 1 heterocycles. The van der Waals surface area contributed by atoms with Crippen molar-refractivity contribution in [2.75, 3.05) is 11.4 Å². The summed E-state index contributed by atoms with van der Waals surface area (Å²) in [7, 11) is 0. The topological polar surface area (TPSA) is 16.1 Å². The van der Waals surface area contributed by atoms with Gasteiger partial charge in [0.25, 0.3) is 0 Å². The fourth-order valence-electron chi connectivity index (χ4n) is 2.81. The fraction of sp³-hybridized carbons (Fsp3) is 0.421. The quantitative estimate of drug-likeness (QED) is 0.703. The number of aromatic nitrogens is 1. The number of hydrogen-bond acceptors (Lipinski definition) is 3. The van der Waals surface area contributed by atoms with Crippen LogP contribution in [0.3, 0.4) is 0 Å². The Labute approximate surface area is 141 Å². The van der Waals surface area contributed by atoms with Crippen molar-refractivity contribution in [1.82, 2.24) is 4.98 Å². The van der Waals surface area contributed by atoms with E-state index in [4.69, 9.17) is 6.42 Å². The summed E-state index contributed by atoms with van der Waals surface area (Å²) >= 11 is 1.64. The summed E-state index contributed by atoms with van der Waals surface area (Å²) in [4.78, 5) is 7.81. The van der Waals surface area contributed by atoms with Crippen molar-refractivity contribution in [3.8, 4) is 12.3 Å². The second-order valence-electron chi connectivity index (χ2n) is 6.29. The molecule has 0 N–H and O–H groups in total. The summed E-state index contributed by atoms with van der Waals surface area (Å²) in [5, 5.41) is 0.923. The van der Waals surface area contributed by atoms with Gasteiger partial charge in [0.15, 0.2) is 5.13 Å². The van der Waals surface area contributed by atoms with Gasteiger partial charge < -0.3 is 4.90 Å². The van der Waals surface area contributed by atoms with Gasteiger partial charge in [0.1, 0.15) is 5.82 Å². The summed E-state index contributed by atoms with van der Waals surface area (Å²) in [6.07, 6.45) is 11.0. The second kappa shape index (κ2) is 6.72. The molecule has 1 aliphatic rings. The molecule has 0 unspecified atom stereocenters. The summed E-state index contributed by atoms with van der Waals surface area (Å²) in [6, 6.07) is 5.62. The molecule has 0 radical (unpaired) electrons. The first-order chi connectivity index (χ1) is 11.1. The van der Waals surface area contributed by atoms with Gasteiger partial charge in [-0.15, -0.1) is 17.8 Å². The van der Waals surface area contributed by atoms with E-state index in [1.54, 1.807) is 24.3 Å². The molecule has 1 aromatic carbocycles.